The fraction of sp³-hybridized carbons (Fsp3) is 0.667. The van der Waals surface area contributed by atoms with Crippen molar-refractivity contribution in [1.29, 1.82) is 0 Å². The zero-order valence-electron chi connectivity index (χ0n) is 8.12. The van der Waals surface area contributed by atoms with Gasteiger partial charge in [0.05, 0.1) is 6.61 Å². The normalized spacial score (nSPS) is 11.0. The van der Waals surface area contributed by atoms with E-state index >= 15 is 0 Å². The lowest BCUT2D eigenvalue weighted by molar-refractivity contribution is -0.131. The van der Waals surface area contributed by atoms with Gasteiger partial charge in [0.1, 0.15) is 0 Å². The van der Waals surface area contributed by atoms with Crippen molar-refractivity contribution in [3.05, 3.63) is 12.3 Å². The van der Waals surface area contributed by atoms with Crippen LogP contribution in [0.5, 0.6) is 0 Å². The Morgan fingerprint density at radius 1 is 1.62 bits per heavy atom. The lowest BCUT2D eigenvalue weighted by Gasteiger charge is -2.05. The van der Waals surface area contributed by atoms with Crippen molar-refractivity contribution >= 4 is 5.97 Å². The van der Waals surface area contributed by atoms with Crippen molar-refractivity contribution in [1.82, 2.24) is 5.32 Å². The van der Waals surface area contributed by atoms with E-state index in [0.717, 1.165) is 12.7 Å². The van der Waals surface area contributed by atoms with Gasteiger partial charge in [-0.25, -0.2) is 4.79 Å². The Morgan fingerprint density at radius 3 is 2.85 bits per heavy atom. The fourth-order valence-electron chi connectivity index (χ4n) is 0.664. The number of hydrogen-bond donors (Lipinski definition) is 2. The van der Waals surface area contributed by atoms with Crippen molar-refractivity contribution in [3.63, 3.8) is 0 Å². The van der Waals surface area contributed by atoms with Gasteiger partial charge in [-0.15, -0.1) is 0 Å². The molecule has 0 heterocycles. The second kappa shape index (κ2) is 7.61. The number of aliphatic carboxylic acids is 1. The Kier molecular flexibility index (Phi) is 7.01. The van der Waals surface area contributed by atoms with Gasteiger partial charge in [0.15, 0.2) is 0 Å². The first-order chi connectivity index (χ1) is 6.13. The highest BCUT2D eigenvalue weighted by molar-refractivity contribution is 5.79. The average molecular weight is 187 g/mol. The fourth-order valence-corrected chi connectivity index (χ4v) is 0.664. The molecule has 4 nitrogen and oxygen atoms in total. The summed E-state index contributed by atoms with van der Waals surface area (Å²) in [7, 11) is 0. The summed E-state index contributed by atoms with van der Waals surface area (Å²) in [6.45, 7) is 6.14. The van der Waals surface area contributed by atoms with Gasteiger partial charge in [-0.1, -0.05) is 13.8 Å². The third-order valence-electron chi connectivity index (χ3n) is 1.19. The Bertz CT molecular complexity index is 166. The lowest BCUT2D eigenvalue weighted by atomic mass is 10.2. The van der Waals surface area contributed by atoms with Crippen LogP contribution < -0.4 is 5.32 Å². The van der Waals surface area contributed by atoms with Crippen LogP contribution >= 0.6 is 0 Å². The number of ether oxygens (including phenoxy) is 1. The maximum absolute atomic E-state index is 10.0. The Labute approximate surface area is 78.6 Å². The van der Waals surface area contributed by atoms with Gasteiger partial charge >= 0.3 is 5.97 Å². The summed E-state index contributed by atoms with van der Waals surface area (Å²) in [5.41, 5.74) is 0. The zero-order chi connectivity index (χ0) is 10.1. The minimum Gasteiger partial charge on any atom is -0.478 e. The highest BCUT2D eigenvalue weighted by Crippen LogP contribution is 1.90. The van der Waals surface area contributed by atoms with E-state index in [1.165, 1.54) is 6.20 Å². The predicted octanol–water partition coefficient (Wildman–Crippen LogP) is 0.847. The van der Waals surface area contributed by atoms with Crippen molar-refractivity contribution in [2.24, 2.45) is 5.92 Å². The van der Waals surface area contributed by atoms with E-state index in [1.54, 1.807) is 0 Å². The second-order valence-corrected chi connectivity index (χ2v) is 3.09. The molecule has 0 aliphatic rings. The van der Waals surface area contributed by atoms with Crippen LogP contribution in [0.3, 0.4) is 0 Å². The molecule has 0 aliphatic heterocycles. The van der Waals surface area contributed by atoms with E-state index in [2.05, 4.69) is 19.2 Å². The third-order valence-corrected chi connectivity index (χ3v) is 1.19. The van der Waals surface area contributed by atoms with E-state index in [-0.39, 0.29) is 0 Å². The SMILES string of the molecule is CC(C)COCCN/C=C/C(=O)O. The second-order valence-electron chi connectivity index (χ2n) is 3.09. The molecule has 0 aromatic heterocycles. The van der Waals surface area contributed by atoms with Crippen molar-refractivity contribution in [2.75, 3.05) is 19.8 Å². The molecular weight excluding hydrogens is 170 g/mol. The van der Waals surface area contributed by atoms with Crippen molar-refractivity contribution in [3.8, 4) is 0 Å². The molecule has 0 spiro atoms. The predicted molar refractivity (Wildman–Crippen MR) is 50.4 cm³/mol. The number of rotatable bonds is 7. The van der Waals surface area contributed by atoms with E-state index in [0.29, 0.717) is 19.1 Å². The van der Waals surface area contributed by atoms with Crippen LogP contribution in [0.2, 0.25) is 0 Å². The molecule has 0 bridgehead atoms. The Balaban J connectivity index is 3.13. The molecule has 2 N–H and O–H groups in total. The number of carboxylic acids is 1. The van der Waals surface area contributed by atoms with Crippen LogP contribution in [0.4, 0.5) is 0 Å². The Morgan fingerprint density at radius 2 is 2.31 bits per heavy atom. The maximum Gasteiger partial charge on any atom is 0.329 e. The van der Waals surface area contributed by atoms with Crippen LogP contribution in [0.1, 0.15) is 13.8 Å². The van der Waals surface area contributed by atoms with Crippen LogP contribution in [0.15, 0.2) is 12.3 Å². The van der Waals surface area contributed by atoms with Crippen LogP contribution in [-0.2, 0) is 9.53 Å². The minimum absolute atomic E-state index is 0.537. The van der Waals surface area contributed by atoms with Crippen LogP contribution in [-0.4, -0.2) is 30.8 Å². The van der Waals surface area contributed by atoms with E-state index in [4.69, 9.17) is 9.84 Å². The first kappa shape index (κ1) is 12.0. The summed E-state index contributed by atoms with van der Waals surface area (Å²) in [5.74, 6) is -0.412. The van der Waals surface area contributed by atoms with Crippen LogP contribution in [0.25, 0.3) is 0 Å². The highest BCUT2D eigenvalue weighted by Gasteiger charge is 1.92. The summed E-state index contributed by atoms with van der Waals surface area (Å²) >= 11 is 0. The van der Waals surface area contributed by atoms with Crippen LogP contribution in [0, 0.1) is 5.92 Å². The summed E-state index contributed by atoms with van der Waals surface area (Å²) in [6.07, 6.45) is 2.46. The first-order valence-corrected chi connectivity index (χ1v) is 4.33. The molecule has 0 radical (unpaired) electrons. The average Bonchev–Trinajstić information content (AvgIpc) is 2.01. The van der Waals surface area contributed by atoms with Gasteiger partial charge in [0.25, 0.3) is 0 Å². The number of hydrogen-bond acceptors (Lipinski definition) is 3. The van der Waals surface area contributed by atoms with E-state index in [1.807, 2.05) is 0 Å². The molecule has 0 fully saturated rings. The Hall–Kier alpha value is -1.03. The zero-order valence-corrected chi connectivity index (χ0v) is 8.12. The monoisotopic (exact) mass is 187 g/mol. The van der Waals surface area contributed by atoms with Gasteiger partial charge in [0, 0.05) is 25.4 Å². The van der Waals surface area contributed by atoms with Gasteiger partial charge < -0.3 is 15.2 Å². The molecule has 0 unspecified atom stereocenters. The first-order valence-electron chi connectivity index (χ1n) is 4.33. The maximum atomic E-state index is 10.0. The molecule has 0 atom stereocenters. The molecular formula is C9H17NO3. The van der Waals surface area contributed by atoms with Crippen molar-refractivity contribution in [2.45, 2.75) is 13.8 Å². The number of nitrogens with one attached hydrogen (secondary N) is 1. The third kappa shape index (κ3) is 11.0. The smallest absolute Gasteiger partial charge is 0.329 e. The largest absolute Gasteiger partial charge is 0.478 e. The number of carbonyl (C=O) groups is 1. The minimum atomic E-state index is -0.949. The lowest BCUT2D eigenvalue weighted by Crippen LogP contribution is -2.15. The van der Waals surface area contributed by atoms with Gasteiger partial charge in [0.2, 0.25) is 0 Å². The molecule has 0 aromatic rings. The summed E-state index contributed by atoms with van der Waals surface area (Å²) in [6, 6.07) is 0. The van der Waals surface area contributed by atoms with E-state index < -0.39 is 5.97 Å². The molecule has 0 amide bonds. The van der Waals surface area contributed by atoms with Gasteiger partial charge in [-0.05, 0) is 5.92 Å². The molecule has 0 saturated heterocycles. The quantitative estimate of drug-likeness (QED) is 0.458. The topological polar surface area (TPSA) is 58.6 Å². The highest BCUT2D eigenvalue weighted by atomic mass is 16.5. The summed E-state index contributed by atoms with van der Waals surface area (Å²) in [4.78, 5) is 10.0. The summed E-state index contributed by atoms with van der Waals surface area (Å²) in [5, 5.41) is 11.0. The molecule has 76 valence electrons. The number of carboxylic acid groups (broad SMARTS) is 1. The molecule has 0 rings (SSSR count). The van der Waals surface area contributed by atoms with Gasteiger partial charge in [-0.2, -0.15) is 0 Å². The molecule has 0 saturated carbocycles. The summed E-state index contributed by atoms with van der Waals surface area (Å²) < 4.78 is 5.26. The molecule has 13 heavy (non-hydrogen) atoms. The standard InChI is InChI=1S/C9H17NO3/c1-8(2)7-13-6-5-10-4-3-9(11)12/h3-4,8,10H,5-7H2,1-2H3,(H,11,12)/b4-3+. The molecule has 4 heteroatoms. The van der Waals surface area contributed by atoms with Crippen molar-refractivity contribution < 1.29 is 14.6 Å². The van der Waals surface area contributed by atoms with E-state index in [9.17, 15) is 4.79 Å². The molecule has 0 aromatic carbocycles. The molecule has 0 aliphatic carbocycles. The van der Waals surface area contributed by atoms with Gasteiger partial charge in [-0.3, -0.25) is 0 Å².